The lowest BCUT2D eigenvalue weighted by Gasteiger charge is -2.12. The zero-order chi connectivity index (χ0) is 17.2. The highest BCUT2D eigenvalue weighted by atomic mass is 16.5. The molecule has 2 aliphatic rings. The van der Waals surface area contributed by atoms with Crippen molar-refractivity contribution in [3.05, 3.63) is 64.7 Å². The van der Waals surface area contributed by atoms with Crippen molar-refractivity contribution in [1.29, 1.82) is 0 Å². The normalized spacial score (nSPS) is 18.5. The Bertz CT molecular complexity index is 793. The fourth-order valence-corrected chi connectivity index (χ4v) is 3.28. The zero-order valence-corrected chi connectivity index (χ0v) is 14.0. The number of aldehydes is 1. The summed E-state index contributed by atoms with van der Waals surface area (Å²) < 4.78 is 5.70. The predicted octanol–water partition coefficient (Wildman–Crippen LogP) is 3.19. The number of carbonyl (C=O) groups excluding carboxylic acids is 2. The van der Waals surface area contributed by atoms with E-state index < -0.39 is 0 Å². The SMILES string of the molecule is O=Cc1ccc2c(c1)C[C@H](NC(=O)c1ccc(OCC3CC3)cc1)C2. The third-order valence-electron chi connectivity index (χ3n) is 4.93. The number of benzene rings is 2. The van der Waals surface area contributed by atoms with Crippen LogP contribution in [-0.4, -0.2) is 24.8 Å². The Balaban J connectivity index is 1.34. The van der Waals surface area contributed by atoms with Crippen molar-refractivity contribution in [2.75, 3.05) is 6.61 Å². The van der Waals surface area contributed by atoms with Gasteiger partial charge in [-0.3, -0.25) is 9.59 Å². The van der Waals surface area contributed by atoms with Crippen LogP contribution in [0.5, 0.6) is 5.75 Å². The van der Waals surface area contributed by atoms with E-state index >= 15 is 0 Å². The van der Waals surface area contributed by atoms with E-state index in [9.17, 15) is 9.59 Å². The Morgan fingerprint density at radius 2 is 1.84 bits per heavy atom. The lowest BCUT2D eigenvalue weighted by Crippen LogP contribution is -2.35. The van der Waals surface area contributed by atoms with Gasteiger partial charge in [0, 0.05) is 17.2 Å². The highest BCUT2D eigenvalue weighted by Gasteiger charge is 2.24. The molecule has 4 nitrogen and oxygen atoms in total. The van der Waals surface area contributed by atoms with Gasteiger partial charge in [0.15, 0.2) is 0 Å². The summed E-state index contributed by atoms with van der Waals surface area (Å²) in [5, 5.41) is 3.09. The van der Waals surface area contributed by atoms with Crippen LogP contribution in [0.3, 0.4) is 0 Å². The van der Waals surface area contributed by atoms with E-state index in [1.165, 1.54) is 18.4 Å². The maximum Gasteiger partial charge on any atom is 0.251 e. The summed E-state index contributed by atoms with van der Waals surface area (Å²) >= 11 is 0. The number of carbonyl (C=O) groups is 2. The van der Waals surface area contributed by atoms with Gasteiger partial charge in [-0.1, -0.05) is 12.1 Å². The molecule has 1 N–H and O–H groups in total. The number of nitrogens with one attached hydrogen (secondary N) is 1. The van der Waals surface area contributed by atoms with Crippen molar-refractivity contribution in [1.82, 2.24) is 5.32 Å². The molecule has 1 amide bonds. The van der Waals surface area contributed by atoms with Gasteiger partial charge >= 0.3 is 0 Å². The second-order valence-electron chi connectivity index (χ2n) is 7.00. The summed E-state index contributed by atoms with van der Waals surface area (Å²) in [5.74, 6) is 1.46. The molecule has 0 aromatic heterocycles. The largest absolute Gasteiger partial charge is 0.493 e. The molecule has 4 heteroatoms. The van der Waals surface area contributed by atoms with Crippen LogP contribution < -0.4 is 10.1 Å². The summed E-state index contributed by atoms with van der Waals surface area (Å²) in [7, 11) is 0. The molecule has 2 aliphatic carbocycles. The van der Waals surface area contributed by atoms with Crippen LogP contribution in [0.1, 0.15) is 44.7 Å². The maximum absolute atomic E-state index is 12.5. The Morgan fingerprint density at radius 1 is 1.08 bits per heavy atom. The van der Waals surface area contributed by atoms with Crippen molar-refractivity contribution in [3.8, 4) is 5.75 Å². The molecule has 0 saturated heterocycles. The third-order valence-corrected chi connectivity index (χ3v) is 4.93. The average Bonchev–Trinajstić information content (AvgIpc) is 3.38. The molecular weight excluding hydrogens is 314 g/mol. The minimum atomic E-state index is -0.0674. The van der Waals surface area contributed by atoms with E-state index in [1.807, 2.05) is 42.5 Å². The molecule has 1 fully saturated rings. The number of fused-ring (bicyclic) bond motifs is 1. The minimum absolute atomic E-state index is 0.0674. The molecule has 2 aromatic rings. The topological polar surface area (TPSA) is 55.4 Å². The van der Waals surface area contributed by atoms with Gasteiger partial charge in [0.2, 0.25) is 0 Å². The molecule has 4 rings (SSSR count). The van der Waals surface area contributed by atoms with Crippen LogP contribution in [0, 0.1) is 5.92 Å². The fourth-order valence-electron chi connectivity index (χ4n) is 3.28. The van der Waals surface area contributed by atoms with Gasteiger partial charge in [0.05, 0.1) is 6.61 Å². The molecule has 1 saturated carbocycles. The van der Waals surface area contributed by atoms with Gasteiger partial charge in [-0.25, -0.2) is 0 Å². The van der Waals surface area contributed by atoms with E-state index in [2.05, 4.69) is 5.32 Å². The van der Waals surface area contributed by atoms with Gasteiger partial charge in [-0.05, 0) is 73.1 Å². The minimum Gasteiger partial charge on any atom is -0.493 e. The van der Waals surface area contributed by atoms with Gasteiger partial charge < -0.3 is 10.1 Å². The van der Waals surface area contributed by atoms with Gasteiger partial charge in [0.1, 0.15) is 12.0 Å². The number of rotatable bonds is 6. The van der Waals surface area contributed by atoms with Crippen LogP contribution in [0.15, 0.2) is 42.5 Å². The van der Waals surface area contributed by atoms with E-state index in [1.54, 1.807) is 0 Å². The van der Waals surface area contributed by atoms with Crippen molar-refractivity contribution in [3.63, 3.8) is 0 Å². The standard InChI is InChI=1S/C21H21NO3/c23-12-15-3-4-17-10-19(11-18(17)9-15)22-21(24)16-5-7-20(8-6-16)25-13-14-1-2-14/h3-9,12,14,19H,1-2,10-11,13H2,(H,22,24)/t19-/m1/s1. The summed E-state index contributed by atoms with van der Waals surface area (Å²) in [4.78, 5) is 23.3. The van der Waals surface area contributed by atoms with Crippen LogP contribution in [0.2, 0.25) is 0 Å². The van der Waals surface area contributed by atoms with Crippen molar-refractivity contribution in [2.45, 2.75) is 31.7 Å². The molecule has 1 atom stereocenters. The molecule has 25 heavy (non-hydrogen) atoms. The quantitative estimate of drug-likeness (QED) is 0.825. The van der Waals surface area contributed by atoms with Gasteiger partial charge in [0.25, 0.3) is 5.91 Å². The number of hydrogen-bond donors (Lipinski definition) is 1. The molecule has 0 radical (unpaired) electrons. The maximum atomic E-state index is 12.5. The molecule has 0 spiro atoms. The van der Waals surface area contributed by atoms with Crippen molar-refractivity contribution >= 4 is 12.2 Å². The van der Waals surface area contributed by atoms with Gasteiger partial charge in [-0.2, -0.15) is 0 Å². The smallest absolute Gasteiger partial charge is 0.251 e. The molecule has 128 valence electrons. The number of hydrogen-bond acceptors (Lipinski definition) is 3. The van der Waals surface area contributed by atoms with Crippen LogP contribution in [-0.2, 0) is 12.8 Å². The summed E-state index contributed by atoms with van der Waals surface area (Å²) in [5.41, 5.74) is 3.69. The first-order valence-electron chi connectivity index (χ1n) is 8.82. The Kier molecular flexibility index (Phi) is 4.26. The molecular formula is C21H21NO3. The first-order chi connectivity index (χ1) is 12.2. The van der Waals surface area contributed by atoms with Gasteiger partial charge in [-0.15, -0.1) is 0 Å². The summed E-state index contributed by atoms with van der Waals surface area (Å²) in [6.07, 6.45) is 4.96. The summed E-state index contributed by atoms with van der Waals surface area (Å²) in [6, 6.07) is 13.1. The monoisotopic (exact) mass is 335 g/mol. The number of amides is 1. The molecule has 0 aliphatic heterocycles. The van der Waals surface area contributed by atoms with Crippen LogP contribution in [0.25, 0.3) is 0 Å². The first kappa shape index (κ1) is 15.9. The average molecular weight is 335 g/mol. The van der Waals surface area contributed by atoms with Crippen LogP contribution >= 0.6 is 0 Å². The lowest BCUT2D eigenvalue weighted by atomic mass is 10.1. The van der Waals surface area contributed by atoms with E-state index in [0.717, 1.165) is 37.0 Å². The highest BCUT2D eigenvalue weighted by Crippen LogP contribution is 2.29. The zero-order valence-electron chi connectivity index (χ0n) is 14.0. The predicted molar refractivity (Wildman–Crippen MR) is 95.2 cm³/mol. The molecule has 2 aromatic carbocycles. The lowest BCUT2D eigenvalue weighted by molar-refractivity contribution is 0.0938. The molecule has 0 heterocycles. The summed E-state index contributed by atoms with van der Waals surface area (Å²) in [6.45, 7) is 0.772. The third kappa shape index (κ3) is 3.73. The Hall–Kier alpha value is -2.62. The first-order valence-corrected chi connectivity index (χ1v) is 8.82. The van der Waals surface area contributed by atoms with Crippen molar-refractivity contribution in [2.24, 2.45) is 5.92 Å². The Labute approximate surface area is 147 Å². The van der Waals surface area contributed by atoms with E-state index in [0.29, 0.717) is 17.0 Å². The second-order valence-corrected chi connectivity index (χ2v) is 7.00. The Morgan fingerprint density at radius 3 is 2.56 bits per heavy atom. The molecule has 0 unspecified atom stereocenters. The molecule has 0 bridgehead atoms. The fraction of sp³-hybridized carbons (Fsp3) is 0.333. The highest BCUT2D eigenvalue weighted by molar-refractivity contribution is 5.94. The number of ether oxygens (including phenoxy) is 1. The van der Waals surface area contributed by atoms with Crippen molar-refractivity contribution < 1.29 is 14.3 Å². The second kappa shape index (κ2) is 6.71. The van der Waals surface area contributed by atoms with E-state index in [4.69, 9.17) is 4.74 Å². The van der Waals surface area contributed by atoms with Crippen LogP contribution in [0.4, 0.5) is 0 Å². The van der Waals surface area contributed by atoms with E-state index in [-0.39, 0.29) is 11.9 Å².